The highest BCUT2D eigenvalue weighted by atomic mass is 32.1. The van der Waals surface area contributed by atoms with Gasteiger partial charge in [-0.25, -0.2) is 0 Å². The summed E-state index contributed by atoms with van der Waals surface area (Å²) in [5, 5.41) is 24.6. The molecule has 0 radical (unpaired) electrons. The van der Waals surface area contributed by atoms with Gasteiger partial charge < -0.3 is 15.3 Å². The van der Waals surface area contributed by atoms with Crippen LogP contribution in [0.2, 0.25) is 0 Å². The number of thiol groups is 3. The molecule has 3 nitrogen and oxygen atoms in total. The van der Waals surface area contributed by atoms with Gasteiger partial charge in [0.25, 0.3) is 0 Å². The topological polar surface area (TPSA) is 60.7 Å². The highest BCUT2D eigenvalue weighted by Crippen LogP contribution is 1.97. The van der Waals surface area contributed by atoms with Gasteiger partial charge in [-0.15, -0.1) is 37.9 Å². The van der Waals surface area contributed by atoms with Crippen LogP contribution in [0.1, 0.15) is 40.0 Å². The lowest BCUT2D eigenvalue weighted by atomic mass is 10.4. The molecular weight excluding hydrogens is 252 g/mol. The molecule has 0 amide bonds. The Labute approximate surface area is 110 Å². The summed E-state index contributed by atoms with van der Waals surface area (Å²) in [7, 11) is 0. The predicted molar refractivity (Wildman–Crippen MR) is 75.9 cm³/mol. The summed E-state index contributed by atoms with van der Waals surface area (Å²) in [4.78, 5) is 0. The highest BCUT2D eigenvalue weighted by molar-refractivity contribution is 7.81. The van der Waals surface area contributed by atoms with E-state index < -0.39 is 16.3 Å². The van der Waals surface area contributed by atoms with Gasteiger partial charge in [-0.2, -0.15) is 0 Å². The van der Waals surface area contributed by atoms with Crippen molar-refractivity contribution in [3.8, 4) is 0 Å². The quantitative estimate of drug-likeness (QED) is 0.353. The molecule has 0 saturated carbocycles. The molecule has 0 aromatic heterocycles. The van der Waals surface area contributed by atoms with Crippen LogP contribution in [0.25, 0.3) is 0 Å². The van der Waals surface area contributed by atoms with E-state index in [0.717, 1.165) is 19.3 Å². The molecule has 0 spiro atoms. The van der Waals surface area contributed by atoms with Crippen LogP contribution in [0.15, 0.2) is 0 Å². The average molecular weight is 276 g/mol. The van der Waals surface area contributed by atoms with Crippen LogP contribution >= 0.6 is 37.9 Å². The number of hydrogen-bond donors (Lipinski definition) is 6. The van der Waals surface area contributed by atoms with Gasteiger partial charge in [0.2, 0.25) is 0 Å². The Morgan fingerprint density at radius 3 is 1.20 bits per heavy atom. The van der Waals surface area contributed by atoms with Crippen LogP contribution in [0.3, 0.4) is 0 Å². The third-order valence-corrected chi connectivity index (χ3v) is 1.54. The van der Waals surface area contributed by atoms with Gasteiger partial charge in [0.15, 0.2) is 0 Å². The second kappa shape index (κ2) is 17.3. The molecule has 3 unspecified atom stereocenters. The highest BCUT2D eigenvalue weighted by Gasteiger charge is 1.88. The maximum atomic E-state index is 8.42. The summed E-state index contributed by atoms with van der Waals surface area (Å²) < 4.78 is 0. The molecule has 0 bridgehead atoms. The van der Waals surface area contributed by atoms with Crippen molar-refractivity contribution in [3.05, 3.63) is 0 Å². The summed E-state index contributed by atoms with van der Waals surface area (Å²) in [5.41, 5.74) is -1.30. The standard InChI is InChI=1S/C4H10OS.C3H8OS.C2H6OS/c1-2-3-4(5)6;1-2-3(4)5;1-2(3)4/h4-6H,2-3H2,1H3;3-5H,2H2,1H3;2-4H,1H3. The van der Waals surface area contributed by atoms with Crippen LogP contribution in [-0.4, -0.2) is 31.6 Å². The first-order chi connectivity index (χ1) is 6.77. The fourth-order valence-electron chi connectivity index (χ4n) is 0.258. The Morgan fingerprint density at radius 1 is 0.933 bits per heavy atom. The van der Waals surface area contributed by atoms with E-state index in [4.69, 9.17) is 15.3 Å². The van der Waals surface area contributed by atoms with Crippen molar-refractivity contribution in [3.63, 3.8) is 0 Å². The summed E-state index contributed by atoms with van der Waals surface area (Å²) in [6.45, 7) is 5.47. The first kappa shape index (κ1) is 21.2. The molecule has 0 aromatic carbocycles. The van der Waals surface area contributed by atoms with Crippen LogP contribution < -0.4 is 0 Å². The molecule has 0 aliphatic heterocycles. The molecule has 0 fully saturated rings. The zero-order chi connectivity index (χ0) is 12.9. The average Bonchev–Trinajstić information content (AvgIpc) is 2.03. The van der Waals surface area contributed by atoms with Crippen molar-refractivity contribution in [2.75, 3.05) is 0 Å². The van der Waals surface area contributed by atoms with E-state index in [-0.39, 0.29) is 0 Å². The minimum atomic E-state index is -0.472. The lowest BCUT2D eigenvalue weighted by Gasteiger charge is -1.94. The van der Waals surface area contributed by atoms with E-state index in [9.17, 15) is 0 Å². The molecule has 6 heteroatoms. The fourth-order valence-corrected chi connectivity index (χ4v) is 0.516. The van der Waals surface area contributed by atoms with Crippen molar-refractivity contribution < 1.29 is 15.3 Å². The van der Waals surface area contributed by atoms with Crippen LogP contribution in [0, 0.1) is 0 Å². The Kier molecular flexibility index (Phi) is 24.5. The number of aliphatic hydroxyl groups excluding tert-OH is 3. The summed E-state index contributed by atoms with van der Waals surface area (Å²) in [6.07, 6.45) is 2.52. The van der Waals surface area contributed by atoms with E-state index in [1.807, 2.05) is 13.8 Å². The first-order valence-electron chi connectivity index (χ1n) is 4.86. The van der Waals surface area contributed by atoms with E-state index in [0.29, 0.717) is 0 Å². The third-order valence-electron chi connectivity index (χ3n) is 0.912. The van der Waals surface area contributed by atoms with Crippen molar-refractivity contribution in [1.29, 1.82) is 0 Å². The molecule has 15 heavy (non-hydrogen) atoms. The smallest absolute Gasteiger partial charge is 0.0964 e. The Morgan fingerprint density at radius 2 is 1.20 bits per heavy atom. The molecule has 0 heterocycles. The van der Waals surface area contributed by atoms with Gasteiger partial charge in [-0.3, -0.25) is 0 Å². The fraction of sp³-hybridized carbons (Fsp3) is 1.00. The molecule has 96 valence electrons. The van der Waals surface area contributed by atoms with Crippen molar-refractivity contribution in [2.24, 2.45) is 0 Å². The van der Waals surface area contributed by atoms with E-state index in [1.54, 1.807) is 6.92 Å². The SMILES string of the molecule is CC(O)S.CCC(O)S.CCCC(O)S. The number of rotatable bonds is 3. The molecule has 3 N–H and O–H groups in total. The molecule has 0 aliphatic rings. The van der Waals surface area contributed by atoms with Gasteiger partial charge >= 0.3 is 0 Å². The minimum absolute atomic E-state index is 0.407. The molecule has 0 saturated heterocycles. The minimum Gasteiger partial charge on any atom is -0.383 e. The van der Waals surface area contributed by atoms with Crippen LogP contribution in [-0.2, 0) is 0 Å². The monoisotopic (exact) mass is 276 g/mol. The summed E-state index contributed by atoms with van der Waals surface area (Å²) in [5.74, 6) is 0. The lowest BCUT2D eigenvalue weighted by Crippen LogP contribution is -1.91. The zero-order valence-corrected chi connectivity index (χ0v) is 12.2. The zero-order valence-electron chi connectivity index (χ0n) is 9.54. The van der Waals surface area contributed by atoms with Crippen LogP contribution in [0.5, 0.6) is 0 Å². The second-order valence-corrected chi connectivity index (χ2v) is 4.73. The maximum Gasteiger partial charge on any atom is 0.0964 e. The second-order valence-electron chi connectivity index (χ2n) is 2.79. The number of aliphatic hydroxyl groups is 3. The van der Waals surface area contributed by atoms with Gasteiger partial charge in [-0.05, 0) is 19.8 Å². The van der Waals surface area contributed by atoms with Gasteiger partial charge in [-0.1, -0.05) is 20.3 Å². The van der Waals surface area contributed by atoms with Gasteiger partial charge in [0, 0.05) is 0 Å². The van der Waals surface area contributed by atoms with Gasteiger partial charge in [0.05, 0.1) is 16.3 Å². The Balaban J connectivity index is -0.000000147. The predicted octanol–water partition coefficient (Wildman–Crippen LogP) is 1.93. The van der Waals surface area contributed by atoms with Crippen molar-refractivity contribution >= 4 is 37.9 Å². The number of hydrogen-bond acceptors (Lipinski definition) is 6. The molecule has 0 rings (SSSR count). The van der Waals surface area contributed by atoms with E-state index >= 15 is 0 Å². The molecule has 0 aromatic rings. The van der Waals surface area contributed by atoms with Crippen molar-refractivity contribution in [2.45, 2.75) is 56.3 Å². The third kappa shape index (κ3) is 71.0. The normalized spacial score (nSPS) is 15.0. The summed E-state index contributed by atoms with van der Waals surface area (Å²) >= 11 is 10.9. The van der Waals surface area contributed by atoms with E-state index in [2.05, 4.69) is 37.9 Å². The molecular formula is C9H24O3S3. The van der Waals surface area contributed by atoms with Crippen molar-refractivity contribution in [1.82, 2.24) is 0 Å². The lowest BCUT2D eigenvalue weighted by molar-refractivity contribution is 0.254. The maximum absolute atomic E-state index is 8.42. The van der Waals surface area contributed by atoms with Crippen LogP contribution in [0.4, 0.5) is 0 Å². The molecule has 3 atom stereocenters. The van der Waals surface area contributed by atoms with Gasteiger partial charge in [0.1, 0.15) is 0 Å². The summed E-state index contributed by atoms with van der Waals surface area (Å²) in [6, 6.07) is 0. The van der Waals surface area contributed by atoms with E-state index in [1.165, 1.54) is 0 Å². The first-order valence-corrected chi connectivity index (χ1v) is 6.41. The largest absolute Gasteiger partial charge is 0.383 e. The Bertz CT molecular complexity index is 97.8. The molecule has 0 aliphatic carbocycles. The Hall–Kier alpha value is 0.930.